The number of nitrogens with zero attached hydrogens (tertiary/aromatic N) is 3. The van der Waals surface area contributed by atoms with Crippen molar-refractivity contribution in [3.63, 3.8) is 0 Å². The number of methoxy groups -OCH3 is 1. The number of nitrogens with one attached hydrogen (secondary N) is 1. The van der Waals surface area contributed by atoms with Crippen molar-refractivity contribution in [2.45, 2.75) is 39.8 Å². The predicted molar refractivity (Wildman–Crippen MR) is 103 cm³/mol. The summed E-state index contributed by atoms with van der Waals surface area (Å²) in [5.74, 6) is 1.51. The summed E-state index contributed by atoms with van der Waals surface area (Å²) < 4.78 is 12.5. The lowest BCUT2D eigenvalue weighted by molar-refractivity contribution is -0.385. The number of carbonyl (C=O) groups excluding carboxylic acids is 1. The van der Waals surface area contributed by atoms with E-state index in [1.165, 1.54) is 10.9 Å². The van der Waals surface area contributed by atoms with Crippen LogP contribution in [0.25, 0.3) is 0 Å². The zero-order chi connectivity index (χ0) is 20.7. The number of aryl methyl sites for hydroxylation is 1. The van der Waals surface area contributed by atoms with Gasteiger partial charge in [0.25, 0.3) is 0 Å². The summed E-state index contributed by atoms with van der Waals surface area (Å²) in [5.41, 5.74) is 0.789. The number of aromatic nitrogens is 2. The molecule has 1 unspecified atom stereocenters. The van der Waals surface area contributed by atoms with Crippen LogP contribution in [0.2, 0.25) is 0 Å². The van der Waals surface area contributed by atoms with Gasteiger partial charge in [0.15, 0.2) is 11.5 Å². The van der Waals surface area contributed by atoms with Crippen LogP contribution in [-0.2, 0) is 11.3 Å². The third-order valence-corrected chi connectivity index (χ3v) is 4.04. The highest BCUT2D eigenvalue weighted by Gasteiger charge is 2.14. The number of rotatable bonds is 10. The summed E-state index contributed by atoms with van der Waals surface area (Å²) >= 11 is 0. The average Bonchev–Trinajstić information content (AvgIpc) is 3.14. The summed E-state index contributed by atoms with van der Waals surface area (Å²) in [6.07, 6.45) is 2.63. The molecule has 1 aromatic carbocycles. The van der Waals surface area contributed by atoms with Gasteiger partial charge in [-0.25, -0.2) is 0 Å². The smallest absolute Gasteiger partial charge is 0.306 e. The van der Waals surface area contributed by atoms with Crippen LogP contribution >= 0.6 is 0 Å². The lowest BCUT2D eigenvalue weighted by Gasteiger charge is -2.18. The number of nitro groups is 1. The van der Waals surface area contributed by atoms with E-state index in [0.717, 1.165) is 11.8 Å². The lowest BCUT2D eigenvalue weighted by atomic mass is 10.1. The molecule has 2 rings (SSSR count). The fourth-order valence-electron chi connectivity index (χ4n) is 2.51. The zero-order valence-electron chi connectivity index (χ0n) is 16.5. The Balaban J connectivity index is 1.92. The van der Waals surface area contributed by atoms with Gasteiger partial charge in [-0.1, -0.05) is 19.9 Å². The Morgan fingerprint density at radius 3 is 2.68 bits per heavy atom. The van der Waals surface area contributed by atoms with Crippen molar-refractivity contribution in [3.8, 4) is 11.5 Å². The van der Waals surface area contributed by atoms with Gasteiger partial charge in [0.1, 0.15) is 12.4 Å². The van der Waals surface area contributed by atoms with E-state index in [2.05, 4.69) is 24.3 Å². The summed E-state index contributed by atoms with van der Waals surface area (Å²) in [5, 5.41) is 17.4. The van der Waals surface area contributed by atoms with E-state index < -0.39 is 4.92 Å². The molecule has 152 valence electrons. The molecule has 9 heteroatoms. The van der Waals surface area contributed by atoms with E-state index in [1.54, 1.807) is 7.11 Å². The normalized spacial score (nSPS) is 11.9. The Bertz CT molecular complexity index is 818. The minimum atomic E-state index is -0.520. The number of benzene rings is 1. The molecule has 0 aliphatic rings. The van der Waals surface area contributed by atoms with Gasteiger partial charge in [0.05, 0.1) is 24.7 Å². The fraction of sp³-hybridized carbons (Fsp3) is 0.474. The molecule has 0 spiro atoms. The van der Waals surface area contributed by atoms with Gasteiger partial charge >= 0.3 is 5.69 Å². The maximum absolute atomic E-state index is 12.2. The quantitative estimate of drug-likeness (QED) is 0.493. The highest BCUT2D eigenvalue weighted by Crippen LogP contribution is 2.30. The molecular weight excluding hydrogens is 364 g/mol. The SMILES string of the molecule is COc1cc(C(C)NC(=O)CCn2cc([N+](=O)[O-])cn2)ccc1OCC(C)C. The molecule has 9 nitrogen and oxygen atoms in total. The van der Waals surface area contributed by atoms with Gasteiger partial charge in [-0.3, -0.25) is 19.6 Å². The van der Waals surface area contributed by atoms with Crippen LogP contribution in [0.5, 0.6) is 11.5 Å². The molecule has 2 aromatic rings. The first kappa shape index (κ1) is 21.2. The van der Waals surface area contributed by atoms with Gasteiger partial charge in [-0.15, -0.1) is 0 Å². The first-order chi connectivity index (χ1) is 13.3. The Kier molecular flexibility index (Phi) is 7.36. The average molecular weight is 390 g/mol. The van der Waals surface area contributed by atoms with Crippen molar-refractivity contribution in [1.29, 1.82) is 0 Å². The first-order valence-corrected chi connectivity index (χ1v) is 9.07. The van der Waals surface area contributed by atoms with Crippen molar-refractivity contribution < 1.29 is 19.2 Å². The largest absolute Gasteiger partial charge is 0.493 e. The van der Waals surface area contributed by atoms with Crippen molar-refractivity contribution in [2.24, 2.45) is 5.92 Å². The Hall–Kier alpha value is -3.10. The Morgan fingerprint density at radius 2 is 2.07 bits per heavy atom. The van der Waals surface area contributed by atoms with E-state index in [4.69, 9.17) is 9.47 Å². The minimum absolute atomic E-state index is 0.0966. The van der Waals surface area contributed by atoms with Gasteiger partial charge in [0.2, 0.25) is 5.91 Å². The molecule has 28 heavy (non-hydrogen) atoms. The number of hydrogen-bond acceptors (Lipinski definition) is 6. The molecule has 0 aliphatic carbocycles. The van der Waals surface area contributed by atoms with Crippen molar-refractivity contribution >= 4 is 11.6 Å². The van der Waals surface area contributed by atoms with E-state index in [-0.39, 0.29) is 30.6 Å². The predicted octanol–water partition coefficient (Wildman–Crippen LogP) is 3.10. The summed E-state index contributed by atoms with van der Waals surface area (Å²) in [7, 11) is 1.58. The van der Waals surface area contributed by atoms with Crippen LogP contribution in [0.3, 0.4) is 0 Å². The zero-order valence-corrected chi connectivity index (χ0v) is 16.5. The third-order valence-electron chi connectivity index (χ3n) is 4.04. The molecule has 0 radical (unpaired) electrons. The fourth-order valence-corrected chi connectivity index (χ4v) is 2.51. The highest BCUT2D eigenvalue weighted by atomic mass is 16.6. The van der Waals surface area contributed by atoms with Crippen LogP contribution in [0.15, 0.2) is 30.6 Å². The molecular formula is C19H26N4O5. The first-order valence-electron chi connectivity index (χ1n) is 9.07. The highest BCUT2D eigenvalue weighted by molar-refractivity contribution is 5.76. The molecule has 0 fully saturated rings. The summed E-state index contributed by atoms with van der Waals surface area (Å²) in [4.78, 5) is 22.3. The van der Waals surface area contributed by atoms with E-state index >= 15 is 0 Å². The second-order valence-electron chi connectivity index (χ2n) is 6.87. The van der Waals surface area contributed by atoms with Gasteiger partial charge in [-0.2, -0.15) is 5.10 Å². The number of hydrogen-bond donors (Lipinski definition) is 1. The van der Waals surface area contributed by atoms with Gasteiger partial charge in [0, 0.05) is 13.0 Å². The van der Waals surface area contributed by atoms with E-state index in [0.29, 0.717) is 24.0 Å². The maximum atomic E-state index is 12.2. The van der Waals surface area contributed by atoms with Crippen LogP contribution in [0.1, 0.15) is 38.8 Å². The van der Waals surface area contributed by atoms with Crippen LogP contribution in [0, 0.1) is 16.0 Å². The molecule has 1 atom stereocenters. The molecule has 1 aromatic heterocycles. The Labute approximate surface area is 163 Å². The Morgan fingerprint density at radius 1 is 1.32 bits per heavy atom. The molecule has 0 aliphatic heterocycles. The minimum Gasteiger partial charge on any atom is -0.493 e. The second kappa shape index (κ2) is 9.72. The molecule has 0 saturated heterocycles. The molecule has 0 bridgehead atoms. The van der Waals surface area contributed by atoms with Crippen LogP contribution in [0.4, 0.5) is 5.69 Å². The number of amides is 1. The molecule has 0 saturated carbocycles. The summed E-state index contributed by atoms with van der Waals surface area (Å²) in [6, 6.07) is 5.34. The van der Waals surface area contributed by atoms with E-state index in [1.807, 2.05) is 25.1 Å². The van der Waals surface area contributed by atoms with Crippen molar-refractivity contribution in [2.75, 3.05) is 13.7 Å². The lowest BCUT2D eigenvalue weighted by Crippen LogP contribution is -2.27. The number of carbonyl (C=O) groups is 1. The molecule has 1 amide bonds. The number of ether oxygens (including phenoxy) is 2. The summed E-state index contributed by atoms with van der Waals surface area (Å²) in [6.45, 7) is 6.87. The molecule has 1 N–H and O–H groups in total. The molecule has 1 heterocycles. The topological polar surface area (TPSA) is 109 Å². The standard InChI is InChI=1S/C19H26N4O5/c1-13(2)12-28-17-6-5-15(9-18(17)27-4)14(3)21-19(24)7-8-22-11-16(10-20-22)23(25)26/h5-6,9-11,13-14H,7-8,12H2,1-4H3,(H,21,24). The van der Waals surface area contributed by atoms with E-state index in [9.17, 15) is 14.9 Å². The van der Waals surface area contributed by atoms with Crippen molar-refractivity contribution in [3.05, 3.63) is 46.3 Å². The van der Waals surface area contributed by atoms with Gasteiger partial charge in [-0.05, 0) is 30.5 Å². The third kappa shape index (κ3) is 5.97. The monoisotopic (exact) mass is 390 g/mol. The van der Waals surface area contributed by atoms with Gasteiger partial charge < -0.3 is 14.8 Å². The maximum Gasteiger partial charge on any atom is 0.306 e. The second-order valence-corrected chi connectivity index (χ2v) is 6.87. The van der Waals surface area contributed by atoms with Crippen molar-refractivity contribution in [1.82, 2.24) is 15.1 Å². The van der Waals surface area contributed by atoms with Crippen LogP contribution in [-0.4, -0.2) is 34.3 Å². The van der Waals surface area contributed by atoms with Crippen LogP contribution < -0.4 is 14.8 Å².